The van der Waals surface area contributed by atoms with Crippen LogP contribution in [-0.4, -0.2) is 13.4 Å². The molecular weight excluding hydrogens is 344 g/mol. The minimum absolute atomic E-state index is 0.0601. The van der Waals surface area contributed by atoms with Gasteiger partial charge in [0, 0.05) is 4.47 Å². The zero-order valence-corrected chi connectivity index (χ0v) is 13.0. The number of nitrogens with zero attached hydrogens (tertiary/aromatic N) is 1. The lowest BCUT2D eigenvalue weighted by atomic mass is 10.3. The minimum Gasteiger partial charge on any atom is -0.323 e. The highest BCUT2D eigenvalue weighted by Gasteiger charge is 2.18. The molecule has 0 spiro atoms. The Labute approximate surface area is 125 Å². The lowest BCUT2D eigenvalue weighted by Gasteiger charge is -2.11. The lowest BCUT2D eigenvalue weighted by Crippen LogP contribution is -2.18. The molecule has 8 heteroatoms. The van der Waals surface area contributed by atoms with Gasteiger partial charge in [-0.2, -0.15) is 0 Å². The van der Waals surface area contributed by atoms with E-state index in [0.29, 0.717) is 11.4 Å². The number of nitrogens with two attached hydrogens (primary N) is 1. The molecule has 1 aromatic carbocycles. The predicted octanol–water partition coefficient (Wildman–Crippen LogP) is 2.24. The first-order valence-corrected chi connectivity index (χ1v) is 7.93. The first-order chi connectivity index (χ1) is 9.44. The van der Waals surface area contributed by atoms with Crippen LogP contribution < -0.4 is 16.0 Å². The van der Waals surface area contributed by atoms with E-state index in [2.05, 4.69) is 31.1 Å². The summed E-state index contributed by atoms with van der Waals surface area (Å²) in [7, 11) is -3.76. The van der Waals surface area contributed by atoms with Crippen LogP contribution in [0.5, 0.6) is 0 Å². The molecule has 0 radical (unpaired) electrons. The fourth-order valence-corrected chi connectivity index (χ4v) is 3.01. The molecule has 4 N–H and O–H groups in total. The average molecular weight is 357 g/mol. The Bertz CT molecular complexity index is 734. The number of hydrogen-bond donors (Lipinski definition) is 3. The molecule has 0 saturated carbocycles. The summed E-state index contributed by atoms with van der Waals surface area (Å²) in [4.78, 5) is 4.21. The number of aromatic nitrogens is 1. The third-order valence-electron chi connectivity index (χ3n) is 2.59. The van der Waals surface area contributed by atoms with Crippen LogP contribution in [0.2, 0.25) is 0 Å². The van der Waals surface area contributed by atoms with Gasteiger partial charge in [0.25, 0.3) is 10.0 Å². The number of aryl methyl sites for hydroxylation is 1. The van der Waals surface area contributed by atoms with Crippen molar-refractivity contribution < 1.29 is 8.42 Å². The van der Waals surface area contributed by atoms with E-state index in [1.54, 1.807) is 37.3 Å². The Morgan fingerprint density at radius 1 is 1.20 bits per heavy atom. The Morgan fingerprint density at radius 2 is 1.90 bits per heavy atom. The van der Waals surface area contributed by atoms with Gasteiger partial charge in [-0.05, 0) is 47.1 Å². The van der Waals surface area contributed by atoms with Crippen LogP contribution >= 0.6 is 15.9 Å². The number of sulfonamides is 1. The first kappa shape index (κ1) is 14.8. The van der Waals surface area contributed by atoms with Crippen molar-refractivity contribution in [3.05, 3.63) is 46.6 Å². The second-order valence-corrected chi connectivity index (χ2v) is 6.51. The molecule has 0 aliphatic carbocycles. The van der Waals surface area contributed by atoms with Gasteiger partial charge in [-0.1, -0.05) is 12.1 Å². The highest BCUT2D eigenvalue weighted by atomic mass is 79.9. The number of para-hydroxylation sites is 1. The van der Waals surface area contributed by atoms with Crippen molar-refractivity contribution in [2.75, 3.05) is 10.1 Å². The second kappa shape index (κ2) is 5.78. The van der Waals surface area contributed by atoms with Crippen LogP contribution in [0.25, 0.3) is 0 Å². The van der Waals surface area contributed by atoms with Gasteiger partial charge >= 0.3 is 0 Å². The quantitative estimate of drug-likeness (QED) is 0.576. The van der Waals surface area contributed by atoms with E-state index in [1.165, 1.54) is 6.07 Å². The molecule has 2 rings (SSSR count). The molecule has 0 saturated heterocycles. The molecule has 6 nitrogen and oxygen atoms in total. The van der Waals surface area contributed by atoms with Crippen molar-refractivity contribution in [2.24, 2.45) is 5.84 Å². The van der Waals surface area contributed by atoms with E-state index in [9.17, 15) is 8.42 Å². The second-order valence-electron chi connectivity index (χ2n) is 4.01. The van der Waals surface area contributed by atoms with Gasteiger partial charge in [0.05, 0.1) is 11.4 Å². The zero-order valence-electron chi connectivity index (χ0n) is 10.6. The largest absolute Gasteiger partial charge is 0.323 e. The number of hydrogen-bond acceptors (Lipinski definition) is 5. The molecule has 2 aromatic rings. The number of nitrogens with one attached hydrogen (secondary N) is 2. The number of anilines is 2. The maximum Gasteiger partial charge on any atom is 0.265 e. The van der Waals surface area contributed by atoms with Gasteiger partial charge in [0.2, 0.25) is 0 Å². The van der Waals surface area contributed by atoms with E-state index in [1.807, 2.05) is 0 Å². The van der Waals surface area contributed by atoms with Crippen LogP contribution in [0.4, 0.5) is 11.5 Å². The number of nitrogen functional groups attached to an aromatic ring is 1. The number of pyridine rings is 1. The summed E-state index contributed by atoms with van der Waals surface area (Å²) in [6.45, 7) is 1.78. The molecule has 0 amide bonds. The standard InChI is InChI=1S/C12H13BrN4O2S/c1-8-9(13)6-7-12(15-8)17-20(18,19)11-5-3-2-4-10(11)16-14/h2-7,16H,14H2,1H3,(H,15,17). The first-order valence-electron chi connectivity index (χ1n) is 5.65. The molecule has 1 heterocycles. The van der Waals surface area contributed by atoms with Crippen molar-refractivity contribution in [3.8, 4) is 0 Å². The fourth-order valence-electron chi connectivity index (χ4n) is 1.61. The molecule has 0 aliphatic heterocycles. The molecule has 20 heavy (non-hydrogen) atoms. The van der Waals surface area contributed by atoms with Crippen molar-refractivity contribution in [2.45, 2.75) is 11.8 Å². The Kier molecular flexibility index (Phi) is 4.26. The Morgan fingerprint density at radius 3 is 2.55 bits per heavy atom. The Balaban J connectivity index is 2.38. The summed E-state index contributed by atoms with van der Waals surface area (Å²) in [6.07, 6.45) is 0. The maximum atomic E-state index is 12.3. The van der Waals surface area contributed by atoms with E-state index in [4.69, 9.17) is 5.84 Å². The predicted molar refractivity (Wildman–Crippen MR) is 81.7 cm³/mol. The van der Waals surface area contributed by atoms with Crippen LogP contribution in [-0.2, 0) is 10.0 Å². The topological polar surface area (TPSA) is 97.1 Å². The van der Waals surface area contributed by atoms with Gasteiger partial charge in [0.1, 0.15) is 10.7 Å². The number of hydrazine groups is 1. The van der Waals surface area contributed by atoms with E-state index >= 15 is 0 Å². The average Bonchev–Trinajstić information content (AvgIpc) is 2.42. The molecular formula is C12H13BrN4O2S. The summed E-state index contributed by atoms with van der Waals surface area (Å²) in [5, 5.41) is 0. The van der Waals surface area contributed by atoms with Crippen molar-refractivity contribution in [1.82, 2.24) is 4.98 Å². The molecule has 0 bridgehead atoms. The van der Waals surface area contributed by atoms with Crippen molar-refractivity contribution in [3.63, 3.8) is 0 Å². The monoisotopic (exact) mass is 356 g/mol. The van der Waals surface area contributed by atoms with Gasteiger partial charge < -0.3 is 5.43 Å². The number of benzene rings is 1. The van der Waals surface area contributed by atoms with E-state index in [0.717, 1.165) is 4.47 Å². The Hall–Kier alpha value is -1.64. The lowest BCUT2D eigenvalue weighted by molar-refractivity contribution is 0.601. The van der Waals surface area contributed by atoms with Gasteiger partial charge in [-0.25, -0.2) is 13.4 Å². The third kappa shape index (κ3) is 3.09. The number of rotatable bonds is 4. The smallest absolute Gasteiger partial charge is 0.265 e. The van der Waals surface area contributed by atoms with Crippen LogP contribution in [0.3, 0.4) is 0 Å². The summed E-state index contributed by atoms with van der Waals surface area (Å²) in [5.74, 6) is 5.57. The van der Waals surface area contributed by atoms with Gasteiger partial charge in [-0.15, -0.1) is 0 Å². The summed E-state index contributed by atoms with van der Waals surface area (Å²) in [6, 6.07) is 9.66. The molecule has 0 atom stereocenters. The van der Waals surface area contributed by atoms with Crippen LogP contribution in [0.1, 0.15) is 5.69 Å². The van der Waals surface area contributed by atoms with Gasteiger partial charge in [0.15, 0.2) is 0 Å². The molecule has 106 valence electrons. The normalized spacial score (nSPS) is 11.2. The van der Waals surface area contributed by atoms with E-state index in [-0.39, 0.29) is 10.7 Å². The number of halogens is 1. The van der Waals surface area contributed by atoms with Crippen LogP contribution in [0, 0.1) is 6.92 Å². The van der Waals surface area contributed by atoms with Crippen molar-refractivity contribution >= 4 is 37.5 Å². The third-order valence-corrected chi connectivity index (χ3v) is 4.84. The van der Waals surface area contributed by atoms with Crippen LogP contribution in [0.15, 0.2) is 45.8 Å². The highest BCUT2D eigenvalue weighted by Crippen LogP contribution is 2.23. The molecule has 0 fully saturated rings. The van der Waals surface area contributed by atoms with Crippen molar-refractivity contribution in [1.29, 1.82) is 0 Å². The van der Waals surface area contributed by atoms with Gasteiger partial charge in [-0.3, -0.25) is 10.6 Å². The summed E-state index contributed by atoms with van der Waals surface area (Å²) >= 11 is 3.31. The highest BCUT2D eigenvalue weighted by molar-refractivity contribution is 9.10. The van der Waals surface area contributed by atoms with E-state index < -0.39 is 10.0 Å². The summed E-state index contributed by atoms with van der Waals surface area (Å²) < 4.78 is 27.9. The molecule has 1 aromatic heterocycles. The SMILES string of the molecule is Cc1nc(NS(=O)(=O)c2ccccc2NN)ccc1Br. The maximum absolute atomic E-state index is 12.3. The molecule has 0 unspecified atom stereocenters. The fraction of sp³-hybridized carbons (Fsp3) is 0.0833. The minimum atomic E-state index is -3.76. The summed E-state index contributed by atoms with van der Waals surface area (Å²) in [5.41, 5.74) is 3.36. The zero-order chi connectivity index (χ0) is 14.8. The molecule has 0 aliphatic rings.